The van der Waals surface area contributed by atoms with E-state index in [0.717, 1.165) is 21.3 Å². The number of hydrogen-bond acceptors (Lipinski definition) is 5. The third-order valence-electron chi connectivity index (χ3n) is 2.65. The van der Waals surface area contributed by atoms with E-state index in [1.54, 1.807) is 40.5 Å². The van der Waals surface area contributed by atoms with Crippen molar-refractivity contribution in [2.24, 2.45) is 0 Å². The molecule has 1 aromatic carbocycles. The van der Waals surface area contributed by atoms with Gasteiger partial charge in [-0.2, -0.15) is 11.3 Å². The van der Waals surface area contributed by atoms with Gasteiger partial charge in [0.25, 0.3) is 0 Å². The molecule has 0 bridgehead atoms. The fraction of sp³-hybridized carbons (Fsp3) is 0.0714. The van der Waals surface area contributed by atoms with E-state index < -0.39 is 0 Å². The van der Waals surface area contributed by atoms with E-state index in [2.05, 4.69) is 27.2 Å². The van der Waals surface area contributed by atoms with Crippen LogP contribution in [-0.4, -0.2) is 4.98 Å². The van der Waals surface area contributed by atoms with Gasteiger partial charge in [0.05, 0.1) is 10.7 Å². The van der Waals surface area contributed by atoms with Crippen LogP contribution >= 0.6 is 46.0 Å². The maximum absolute atomic E-state index is 6.16. The van der Waals surface area contributed by atoms with Gasteiger partial charge in [0.1, 0.15) is 5.01 Å². The third kappa shape index (κ3) is 3.17. The number of rotatable bonds is 4. The van der Waals surface area contributed by atoms with Gasteiger partial charge >= 0.3 is 0 Å². The van der Waals surface area contributed by atoms with E-state index in [4.69, 9.17) is 17.3 Å². The van der Waals surface area contributed by atoms with Gasteiger partial charge in [0, 0.05) is 32.7 Å². The van der Waals surface area contributed by atoms with E-state index in [0.29, 0.717) is 10.7 Å². The molecule has 0 aliphatic rings. The van der Waals surface area contributed by atoms with Gasteiger partial charge in [0.15, 0.2) is 0 Å². The first kappa shape index (κ1) is 13.9. The second-order valence-electron chi connectivity index (χ2n) is 4.13. The Kier molecular flexibility index (Phi) is 4.31. The Morgan fingerprint density at radius 2 is 2.15 bits per heavy atom. The first-order valence-electron chi connectivity index (χ1n) is 5.87. The number of nitrogens with two attached hydrogens (primary N) is 1. The molecular weight excluding hydrogens is 328 g/mol. The van der Waals surface area contributed by atoms with Crippen molar-refractivity contribution in [1.82, 2.24) is 4.98 Å². The SMILES string of the molecule is Nc1ccc(SCc2csc(-c3ccsc3)n2)c(Cl)c1. The van der Waals surface area contributed by atoms with Crippen LogP contribution < -0.4 is 5.73 Å². The summed E-state index contributed by atoms with van der Waals surface area (Å²) >= 11 is 11.2. The van der Waals surface area contributed by atoms with E-state index >= 15 is 0 Å². The number of thiazole rings is 1. The van der Waals surface area contributed by atoms with Gasteiger partial charge < -0.3 is 5.73 Å². The smallest absolute Gasteiger partial charge is 0.124 e. The fourth-order valence-electron chi connectivity index (χ4n) is 1.68. The van der Waals surface area contributed by atoms with Crippen molar-refractivity contribution in [2.45, 2.75) is 10.6 Å². The number of thioether (sulfide) groups is 1. The molecule has 2 nitrogen and oxygen atoms in total. The van der Waals surface area contributed by atoms with Crippen LogP contribution in [0.4, 0.5) is 5.69 Å². The minimum atomic E-state index is 0.688. The highest BCUT2D eigenvalue weighted by atomic mass is 35.5. The Morgan fingerprint density at radius 1 is 1.25 bits per heavy atom. The first-order valence-corrected chi connectivity index (χ1v) is 9.06. The molecule has 2 heterocycles. The average molecular weight is 339 g/mol. The van der Waals surface area contributed by atoms with E-state index in [1.807, 2.05) is 12.1 Å². The molecule has 0 fully saturated rings. The highest BCUT2D eigenvalue weighted by molar-refractivity contribution is 7.98. The van der Waals surface area contributed by atoms with E-state index in [9.17, 15) is 0 Å². The predicted octanol–water partition coefficient (Wildman–Crippen LogP) is 5.40. The summed E-state index contributed by atoms with van der Waals surface area (Å²) in [7, 11) is 0. The zero-order chi connectivity index (χ0) is 13.9. The summed E-state index contributed by atoms with van der Waals surface area (Å²) in [4.78, 5) is 5.68. The lowest BCUT2D eigenvalue weighted by molar-refractivity contribution is 1.23. The Hall–Kier alpha value is -1.01. The molecule has 0 atom stereocenters. The summed E-state index contributed by atoms with van der Waals surface area (Å²) in [5.41, 5.74) is 8.65. The number of nitrogen functional groups attached to an aromatic ring is 1. The lowest BCUT2D eigenvalue weighted by Crippen LogP contribution is -1.86. The summed E-state index contributed by atoms with van der Waals surface area (Å²) in [6.45, 7) is 0. The van der Waals surface area contributed by atoms with Crippen LogP contribution in [0.15, 0.2) is 45.3 Å². The molecule has 3 rings (SSSR count). The Morgan fingerprint density at radius 3 is 2.90 bits per heavy atom. The molecular formula is C14H11ClN2S3. The van der Waals surface area contributed by atoms with Crippen molar-refractivity contribution in [2.75, 3.05) is 5.73 Å². The molecule has 3 aromatic rings. The van der Waals surface area contributed by atoms with Gasteiger partial charge in [-0.25, -0.2) is 4.98 Å². The number of anilines is 1. The van der Waals surface area contributed by atoms with Crippen LogP contribution in [0, 0.1) is 0 Å². The Balaban J connectivity index is 1.70. The van der Waals surface area contributed by atoms with Crippen LogP contribution in [0.5, 0.6) is 0 Å². The molecule has 2 N–H and O–H groups in total. The van der Waals surface area contributed by atoms with Crippen molar-refractivity contribution in [1.29, 1.82) is 0 Å². The molecule has 0 saturated carbocycles. The molecule has 102 valence electrons. The van der Waals surface area contributed by atoms with Gasteiger partial charge in [0.2, 0.25) is 0 Å². The van der Waals surface area contributed by atoms with Crippen LogP contribution in [-0.2, 0) is 5.75 Å². The lowest BCUT2D eigenvalue weighted by Gasteiger charge is -2.03. The van der Waals surface area contributed by atoms with Crippen molar-refractivity contribution in [3.63, 3.8) is 0 Å². The number of nitrogens with zero attached hydrogens (tertiary/aromatic N) is 1. The second kappa shape index (κ2) is 6.18. The summed E-state index contributed by atoms with van der Waals surface area (Å²) < 4.78 is 0. The number of halogens is 1. The first-order chi connectivity index (χ1) is 9.72. The largest absolute Gasteiger partial charge is 0.399 e. The molecule has 0 aliphatic heterocycles. The molecule has 0 saturated heterocycles. The van der Waals surface area contributed by atoms with Crippen molar-refractivity contribution >= 4 is 51.7 Å². The van der Waals surface area contributed by atoms with E-state index in [-0.39, 0.29) is 0 Å². The summed E-state index contributed by atoms with van der Waals surface area (Å²) in [5, 5.41) is 8.06. The third-order valence-corrected chi connectivity index (χ3v) is 5.81. The quantitative estimate of drug-likeness (QED) is 0.511. The van der Waals surface area contributed by atoms with Gasteiger partial charge in [-0.3, -0.25) is 0 Å². The van der Waals surface area contributed by atoms with Crippen molar-refractivity contribution < 1.29 is 0 Å². The molecule has 0 aliphatic carbocycles. The monoisotopic (exact) mass is 338 g/mol. The highest BCUT2D eigenvalue weighted by Gasteiger charge is 2.07. The summed E-state index contributed by atoms with van der Waals surface area (Å²) in [6, 6.07) is 7.69. The summed E-state index contributed by atoms with van der Waals surface area (Å²) in [5.74, 6) is 0.810. The number of benzene rings is 1. The molecule has 0 amide bonds. The van der Waals surface area contributed by atoms with Crippen LogP contribution in [0.1, 0.15) is 5.69 Å². The van der Waals surface area contributed by atoms with Crippen molar-refractivity contribution in [3.05, 3.63) is 51.1 Å². The zero-order valence-electron chi connectivity index (χ0n) is 10.4. The number of thiophene rings is 1. The van der Waals surface area contributed by atoms with Gasteiger partial charge in [-0.15, -0.1) is 23.1 Å². The molecule has 0 unspecified atom stereocenters. The summed E-state index contributed by atoms with van der Waals surface area (Å²) in [6.07, 6.45) is 0. The molecule has 0 radical (unpaired) electrons. The second-order valence-corrected chi connectivity index (χ2v) is 7.20. The zero-order valence-corrected chi connectivity index (χ0v) is 13.6. The van der Waals surface area contributed by atoms with Crippen molar-refractivity contribution in [3.8, 4) is 10.6 Å². The van der Waals surface area contributed by atoms with Crippen LogP contribution in [0.2, 0.25) is 5.02 Å². The maximum Gasteiger partial charge on any atom is 0.124 e. The standard InChI is InChI=1S/C14H11ClN2S3/c15-12-5-10(16)1-2-13(12)19-7-11-8-20-14(17-11)9-3-4-18-6-9/h1-6,8H,7,16H2. The normalized spacial score (nSPS) is 10.8. The van der Waals surface area contributed by atoms with Gasteiger partial charge in [-0.05, 0) is 29.6 Å². The predicted molar refractivity (Wildman–Crippen MR) is 90.9 cm³/mol. The number of aromatic nitrogens is 1. The lowest BCUT2D eigenvalue weighted by atomic mass is 10.3. The molecule has 20 heavy (non-hydrogen) atoms. The Bertz CT molecular complexity index is 707. The van der Waals surface area contributed by atoms with Crippen LogP contribution in [0.3, 0.4) is 0 Å². The topological polar surface area (TPSA) is 38.9 Å². The fourth-order valence-corrected chi connectivity index (χ4v) is 4.48. The van der Waals surface area contributed by atoms with Gasteiger partial charge in [-0.1, -0.05) is 11.6 Å². The molecule has 0 spiro atoms. The van der Waals surface area contributed by atoms with E-state index in [1.165, 1.54) is 5.56 Å². The molecule has 2 aromatic heterocycles. The highest BCUT2D eigenvalue weighted by Crippen LogP contribution is 2.33. The Labute approximate surface area is 134 Å². The maximum atomic E-state index is 6.16. The minimum Gasteiger partial charge on any atom is -0.399 e. The average Bonchev–Trinajstić information content (AvgIpc) is 3.08. The number of hydrogen-bond donors (Lipinski definition) is 1. The van der Waals surface area contributed by atoms with Crippen LogP contribution in [0.25, 0.3) is 10.6 Å². The molecule has 6 heteroatoms. The minimum absolute atomic E-state index is 0.688.